The Labute approximate surface area is 173 Å². The Morgan fingerprint density at radius 3 is 2.39 bits per heavy atom. The van der Waals surface area contributed by atoms with Crippen molar-refractivity contribution in [1.82, 2.24) is 15.1 Å². The molecule has 1 heterocycles. The second-order valence-corrected chi connectivity index (χ2v) is 7.89. The molecule has 2 aromatic carbocycles. The lowest BCUT2D eigenvalue weighted by Crippen LogP contribution is -2.50. The van der Waals surface area contributed by atoms with E-state index in [9.17, 15) is 4.79 Å². The van der Waals surface area contributed by atoms with Gasteiger partial charge in [-0.1, -0.05) is 0 Å². The standard InChI is InChI=1S/C22H29N3O2S/c1-16(2)24-10-12-25(13-11-24)22(26)17-4-9-21(18(14-17)15-23-3)27-19-5-7-20(28)8-6-19/h4-9,14,16,23,28H,10-13,15H2,1-3H3. The van der Waals surface area contributed by atoms with Gasteiger partial charge >= 0.3 is 0 Å². The van der Waals surface area contributed by atoms with E-state index in [0.29, 0.717) is 18.2 Å². The lowest BCUT2D eigenvalue weighted by atomic mass is 10.1. The van der Waals surface area contributed by atoms with Crippen molar-refractivity contribution in [2.24, 2.45) is 0 Å². The molecule has 2 aromatic rings. The van der Waals surface area contributed by atoms with Gasteiger partial charge in [-0.2, -0.15) is 0 Å². The van der Waals surface area contributed by atoms with Crippen molar-refractivity contribution in [3.8, 4) is 11.5 Å². The van der Waals surface area contributed by atoms with Crippen molar-refractivity contribution in [2.45, 2.75) is 31.3 Å². The van der Waals surface area contributed by atoms with Crippen molar-refractivity contribution in [3.63, 3.8) is 0 Å². The van der Waals surface area contributed by atoms with E-state index in [-0.39, 0.29) is 5.91 Å². The van der Waals surface area contributed by atoms with E-state index in [1.807, 2.05) is 54.4 Å². The van der Waals surface area contributed by atoms with Crippen LogP contribution in [0.25, 0.3) is 0 Å². The first kappa shape index (κ1) is 20.7. The zero-order valence-electron chi connectivity index (χ0n) is 16.8. The van der Waals surface area contributed by atoms with Crippen molar-refractivity contribution in [3.05, 3.63) is 53.6 Å². The molecule has 28 heavy (non-hydrogen) atoms. The lowest BCUT2D eigenvalue weighted by molar-refractivity contribution is 0.0595. The molecular formula is C22H29N3O2S. The number of hydrogen-bond acceptors (Lipinski definition) is 5. The molecule has 0 atom stereocenters. The highest BCUT2D eigenvalue weighted by atomic mass is 32.1. The zero-order valence-corrected chi connectivity index (χ0v) is 17.7. The minimum atomic E-state index is 0.0896. The van der Waals surface area contributed by atoms with Crippen molar-refractivity contribution in [2.75, 3.05) is 33.2 Å². The molecule has 0 unspecified atom stereocenters. The highest BCUT2D eigenvalue weighted by Gasteiger charge is 2.24. The van der Waals surface area contributed by atoms with E-state index >= 15 is 0 Å². The van der Waals surface area contributed by atoms with Crippen LogP contribution in [0.5, 0.6) is 11.5 Å². The summed E-state index contributed by atoms with van der Waals surface area (Å²) in [4.78, 5) is 18.2. The third-order valence-corrected chi connectivity index (χ3v) is 5.37. The van der Waals surface area contributed by atoms with Crippen LogP contribution in [-0.2, 0) is 6.54 Å². The number of rotatable bonds is 6. The first-order valence-corrected chi connectivity index (χ1v) is 10.2. The maximum absolute atomic E-state index is 13.0. The molecule has 1 aliphatic heterocycles. The summed E-state index contributed by atoms with van der Waals surface area (Å²) >= 11 is 4.30. The number of piperazine rings is 1. The SMILES string of the molecule is CNCc1cc(C(=O)N2CCN(C(C)C)CC2)ccc1Oc1ccc(S)cc1. The topological polar surface area (TPSA) is 44.8 Å². The molecule has 150 valence electrons. The number of nitrogens with one attached hydrogen (secondary N) is 1. The van der Waals surface area contributed by atoms with Gasteiger partial charge in [-0.25, -0.2) is 0 Å². The highest BCUT2D eigenvalue weighted by molar-refractivity contribution is 7.80. The Hall–Kier alpha value is -2.02. The molecule has 0 bridgehead atoms. The largest absolute Gasteiger partial charge is 0.457 e. The Kier molecular flexibility index (Phi) is 6.99. The molecule has 1 N–H and O–H groups in total. The van der Waals surface area contributed by atoms with Crippen LogP contribution >= 0.6 is 12.6 Å². The van der Waals surface area contributed by atoms with Crippen LogP contribution in [0.4, 0.5) is 0 Å². The predicted molar refractivity (Wildman–Crippen MR) is 116 cm³/mol. The number of thiol groups is 1. The molecule has 0 radical (unpaired) electrons. The van der Waals surface area contributed by atoms with Crippen molar-refractivity contribution < 1.29 is 9.53 Å². The molecule has 6 heteroatoms. The van der Waals surface area contributed by atoms with Crippen LogP contribution in [-0.4, -0.2) is 55.0 Å². The summed E-state index contributed by atoms with van der Waals surface area (Å²) in [6.07, 6.45) is 0. The maximum atomic E-state index is 13.0. The fourth-order valence-electron chi connectivity index (χ4n) is 3.41. The van der Waals surface area contributed by atoms with E-state index in [2.05, 4.69) is 36.7 Å². The number of carbonyl (C=O) groups excluding carboxylic acids is 1. The number of amides is 1. The predicted octanol–water partition coefficient (Wildman–Crippen LogP) is 3.65. The Balaban J connectivity index is 1.74. The summed E-state index contributed by atoms with van der Waals surface area (Å²) in [6, 6.07) is 13.8. The molecule has 0 aromatic heterocycles. The first-order valence-electron chi connectivity index (χ1n) is 9.75. The fraction of sp³-hybridized carbons (Fsp3) is 0.409. The number of benzene rings is 2. The minimum absolute atomic E-state index is 0.0896. The number of hydrogen-bond donors (Lipinski definition) is 2. The quantitative estimate of drug-likeness (QED) is 0.728. The van der Waals surface area contributed by atoms with E-state index in [0.717, 1.165) is 48.1 Å². The molecule has 5 nitrogen and oxygen atoms in total. The van der Waals surface area contributed by atoms with Crippen LogP contribution in [0.15, 0.2) is 47.4 Å². The average molecular weight is 400 g/mol. The molecule has 1 aliphatic rings. The normalized spacial score (nSPS) is 15.1. The maximum Gasteiger partial charge on any atom is 0.253 e. The van der Waals surface area contributed by atoms with Crippen LogP contribution in [0.1, 0.15) is 29.8 Å². The van der Waals surface area contributed by atoms with Gasteiger partial charge in [-0.15, -0.1) is 12.6 Å². The minimum Gasteiger partial charge on any atom is -0.457 e. The summed E-state index contributed by atoms with van der Waals surface area (Å²) in [7, 11) is 1.89. The summed E-state index contributed by atoms with van der Waals surface area (Å²) in [5.74, 6) is 1.59. The van der Waals surface area contributed by atoms with Crippen LogP contribution in [0.3, 0.4) is 0 Å². The third-order valence-electron chi connectivity index (χ3n) is 5.07. The van der Waals surface area contributed by atoms with Gasteiger partial charge in [0.1, 0.15) is 11.5 Å². The molecule has 0 saturated carbocycles. The summed E-state index contributed by atoms with van der Waals surface area (Å²) in [6.45, 7) is 8.42. The number of nitrogens with zero attached hydrogens (tertiary/aromatic N) is 2. The highest BCUT2D eigenvalue weighted by Crippen LogP contribution is 2.28. The van der Waals surface area contributed by atoms with Gasteiger partial charge in [-0.05, 0) is 63.4 Å². The molecule has 1 fully saturated rings. The summed E-state index contributed by atoms with van der Waals surface area (Å²) in [5.41, 5.74) is 1.67. The van der Waals surface area contributed by atoms with Gasteiger partial charge in [0.2, 0.25) is 0 Å². The Bertz CT molecular complexity index is 800. The smallest absolute Gasteiger partial charge is 0.253 e. The van der Waals surface area contributed by atoms with Crippen LogP contribution < -0.4 is 10.1 Å². The van der Waals surface area contributed by atoms with E-state index in [4.69, 9.17) is 4.74 Å². The van der Waals surface area contributed by atoms with Gasteiger partial charge in [0.25, 0.3) is 5.91 Å². The Morgan fingerprint density at radius 2 is 1.79 bits per heavy atom. The van der Waals surface area contributed by atoms with Gasteiger partial charge in [-0.3, -0.25) is 9.69 Å². The lowest BCUT2D eigenvalue weighted by Gasteiger charge is -2.37. The van der Waals surface area contributed by atoms with Crippen LogP contribution in [0, 0.1) is 0 Å². The fourth-order valence-corrected chi connectivity index (χ4v) is 3.55. The second kappa shape index (κ2) is 9.45. The summed E-state index contributed by atoms with van der Waals surface area (Å²) < 4.78 is 6.03. The molecule has 0 spiro atoms. The number of carbonyl (C=O) groups is 1. The number of ether oxygens (including phenoxy) is 1. The van der Waals surface area contributed by atoms with E-state index in [1.165, 1.54) is 0 Å². The zero-order chi connectivity index (χ0) is 20.1. The van der Waals surface area contributed by atoms with Gasteiger partial charge < -0.3 is 15.0 Å². The van der Waals surface area contributed by atoms with E-state index < -0.39 is 0 Å². The third kappa shape index (κ3) is 5.07. The Morgan fingerprint density at radius 1 is 1.11 bits per heavy atom. The monoisotopic (exact) mass is 399 g/mol. The second-order valence-electron chi connectivity index (χ2n) is 7.37. The molecule has 3 rings (SSSR count). The van der Waals surface area contributed by atoms with Gasteiger partial charge in [0.05, 0.1) is 0 Å². The van der Waals surface area contributed by atoms with Gasteiger partial charge in [0, 0.05) is 54.8 Å². The van der Waals surface area contributed by atoms with Gasteiger partial charge in [0.15, 0.2) is 0 Å². The van der Waals surface area contributed by atoms with Crippen molar-refractivity contribution >= 4 is 18.5 Å². The molecule has 1 amide bonds. The average Bonchev–Trinajstić information content (AvgIpc) is 2.70. The molecule has 0 aliphatic carbocycles. The molecule has 1 saturated heterocycles. The van der Waals surface area contributed by atoms with E-state index in [1.54, 1.807) is 0 Å². The van der Waals surface area contributed by atoms with Crippen molar-refractivity contribution in [1.29, 1.82) is 0 Å². The summed E-state index contributed by atoms with van der Waals surface area (Å²) in [5, 5.41) is 3.16. The first-order chi connectivity index (χ1) is 13.5. The molecular weight excluding hydrogens is 370 g/mol. The van der Waals surface area contributed by atoms with Crippen LogP contribution in [0.2, 0.25) is 0 Å².